The summed E-state index contributed by atoms with van der Waals surface area (Å²) in [7, 11) is 0. The normalized spacial score (nSPS) is 11.8. The lowest BCUT2D eigenvalue weighted by molar-refractivity contribution is 0.398. The summed E-state index contributed by atoms with van der Waals surface area (Å²) in [5.74, 6) is -1.45. The maximum atomic E-state index is 13.7. The highest BCUT2D eigenvalue weighted by Crippen LogP contribution is 2.26. The lowest BCUT2D eigenvalue weighted by atomic mass is 10.1. The molecule has 0 fully saturated rings. The van der Waals surface area contributed by atoms with Gasteiger partial charge in [-0.1, -0.05) is 6.07 Å². The van der Waals surface area contributed by atoms with Gasteiger partial charge in [-0.2, -0.15) is 0 Å². The van der Waals surface area contributed by atoms with Gasteiger partial charge in [-0.3, -0.25) is 0 Å². The topological polar surface area (TPSA) is 30.7 Å². The summed E-state index contributed by atoms with van der Waals surface area (Å²) in [5.41, 5.74) is -0.171. The van der Waals surface area contributed by atoms with Gasteiger partial charge in [-0.25, -0.2) is 8.78 Å². The molecule has 0 unspecified atom stereocenters. The first-order valence-corrected chi connectivity index (χ1v) is 5.26. The maximum absolute atomic E-state index is 13.7. The van der Waals surface area contributed by atoms with Crippen molar-refractivity contribution in [1.29, 1.82) is 0 Å². The molecule has 90 valence electrons. The lowest BCUT2D eigenvalue weighted by Crippen LogP contribution is -2.22. The Bertz CT molecular complexity index is 541. The van der Waals surface area contributed by atoms with Gasteiger partial charge >= 0.3 is 0 Å². The number of aromatic nitrogens is 3. The van der Waals surface area contributed by atoms with Gasteiger partial charge in [-0.05, 0) is 32.9 Å². The lowest BCUT2D eigenvalue weighted by Gasteiger charge is -2.22. The van der Waals surface area contributed by atoms with Crippen LogP contribution in [0.3, 0.4) is 0 Å². The van der Waals surface area contributed by atoms with Gasteiger partial charge in [-0.15, -0.1) is 10.2 Å². The van der Waals surface area contributed by atoms with Crippen LogP contribution in [0, 0.1) is 11.6 Å². The van der Waals surface area contributed by atoms with Crippen molar-refractivity contribution in [3.8, 4) is 11.4 Å². The molecule has 1 heterocycles. The van der Waals surface area contributed by atoms with E-state index >= 15 is 0 Å². The molecule has 1 aromatic carbocycles. The first kappa shape index (κ1) is 11.7. The van der Waals surface area contributed by atoms with Crippen molar-refractivity contribution in [3.05, 3.63) is 36.2 Å². The molecule has 0 amide bonds. The zero-order valence-corrected chi connectivity index (χ0v) is 9.91. The molecule has 0 aliphatic rings. The summed E-state index contributed by atoms with van der Waals surface area (Å²) in [4.78, 5) is 0. The highest BCUT2D eigenvalue weighted by Gasteiger charge is 2.21. The fourth-order valence-corrected chi connectivity index (χ4v) is 1.59. The summed E-state index contributed by atoms with van der Waals surface area (Å²) in [5, 5.41) is 7.62. The Labute approximate surface area is 98.1 Å². The molecule has 3 nitrogen and oxygen atoms in total. The average Bonchev–Trinajstić information content (AvgIpc) is 2.70. The predicted octanol–water partition coefficient (Wildman–Crippen LogP) is 2.98. The van der Waals surface area contributed by atoms with Crippen molar-refractivity contribution in [3.63, 3.8) is 0 Å². The average molecular weight is 237 g/mol. The highest BCUT2D eigenvalue weighted by atomic mass is 19.2. The fraction of sp³-hybridized carbons (Fsp3) is 0.333. The SMILES string of the molecule is CC(C)(C)n1cnnc1-c1cccc(F)c1F. The smallest absolute Gasteiger partial charge is 0.169 e. The molecule has 0 saturated carbocycles. The second-order valence-electron chi connectivity index (χ2n) is 4.80. The summed E-state index contributed by atoms with van der Waals surface area (Å²) in [6.07, 6.45) is 1.51. The molecule has 17 heavy (non-hydrogen) atoms. The summed E-state index contributed by atoms with van der Waals surface area (Å²) in [6, 6.07) is 4.02. The largest absolute Gasteiger partial charge is 0.308 e. The monoisotopic (exact) mass is 237 g/mol. The Balaban J connectivity index is 2.62. The van der Waals surface area contributed by atoms with E-state index in [9.17, 15) is 8.78 Å². The zero-order chi connectivity index (χ0) is 12.6. The Morgan fingerprint density at radius 3 is 2.53 bits per heavy atom. The van der Waals surface area contributed by atoms with Crippen molar-refractivity contribution >= 4 is 0 Å². The highest BCUT2D eigenvalue weighted by molar-refractivity contribution is 5.56. The molecule has 0 spiro atoms. The fourth-order valence-electron chi connectivity index (χ4n) is 1.59. The molecule has 0 atom stereocenters. The van der Waals surface area contributed by atoms with E-state index in [2.05, 4.69) is 10.2 Å². The van der Waals surface area contributed by atoms with E-state index in [0.717, 1.165) is 6.07 Å². The van der Waals surface area contributed by atoms with E-state index in [1.807, 2.05) is 20.8 Å². The number of hydrogen-bond donors (Lipinski definition) is 0. The van der Waals surface area contributed by atoms with E-state index in [-0.39, 0.29) is 11.1 Å². The standard InChI is InChI=1S/C12H13F2N3/c1-12(2,3)17-7-15-16-11(17)8-5-4-6-9(13)10(8)14/h4-7H,1-3H3. The molecular formula is C12H13F2N3. The molecule has 0 aliphatic carbocycles. The number of hydrogen-bond acceptors (Lipinski definition) is 2. The second kappa shape index (κ2) is 3.91. The molecule has 1 aromatic heterocycles. The van der Waals surface area contributed by atoms with Gasteiger partial charge in [0.15, 0.2) is 17.5 Å². The van der Waals surface area contributed by atoms with Crippen LogP contribution >= 0.6 is 0 Å². The minimum absolute atomic E-state index is 0.123. The van der Waals surface area contributed by atoms with Crippen molar-refractivity contribution in [2.24, 2.45) is 0 Å². The van der Waals surface area contributed by atoms with Crippen LogP contribution in [0.4, 0.5) is 8.78 Å². The van der Waals surface area contributed by atoms with Crippen LogP contribution in [-0.2, 0) is 5.54 Å². The van der Waals surface area contributed by atoms with Gasteiger partial charge in [0.2, 0.25) is 0 Å². The molecule has 0 aliphatic heterocycles. The van der Waals surface area contributed by atoms with Gasteiger partial charge < -0.3 is 4.57 Å². The Morgan fingerprint density at radius 2 is 1.88 bits per heavy atom. The van der Waals surface area contributed by atoms with E-state index in [1.165, 1.54) is 18.5 Å². The molecule has 0 N–H and O–H groups in total. The van der Waals surface area contributed by atoms with E-state index in [0.29, 0.717) is 5.82 Å². The Kier molecular flexibility index (Phi) is 2.69. The van der Waals surface area contributed by atoms with Gasteiger partial charge in [0.05, 0.1) is 5.56 Å². The van der Waals surface area contributed by atoms with Crippen LogP contribution in [0.25, 0.3) is 11.4 Å². The number of nitrogens with zero attached hydrogens (tertiary/aromatic N) is 3. The molecule has 0 saturated heterocycles. The van der Waals surface area contributed by atoms with Gasteiger partial charge in [0.1, 0.15) is 6.33 Å². The van der Waals surface area contributed by atoms with Crippen molar-refractivity contribution in [1.82, 2.24) is 14.8 Å². The van der Waals surface area contributed by atoms with Crippen LogP contribution in [0.15, 0.2) is 24.5 Å². The predicted molar refractivity (Wildman–Crippen MR) is 60.4 cm³/mol. The first-order chi connectivity index (χ1) is 7.91. The third kappa shape index (κ3) is 2.05. The van der Waals surface area contributed by atoms with Crippen molar-refractivity contribution in [2.45, 2.75) is 26.3 Å². The molecule has 2 aromatic rings. The first-order valence-electron chi connectivity index (χ1n) is 5.26. The number of halogens is 2. The van der Waals surface area contributed by atoms with E-state index in [4.69, 9.17) is 0 Å². The van der Waals surface area contributed by atoms with Gasteiger partial charge in [0.25, 0.3) is 0 Å². The van der Waals surface area contributed by atoms with Crippen LogP contribution in [0.5, 0.6) is 0 Å². The molecule has 2 rings (SSSR count). The Morgan fingerprint density at radius 1 is 1.18 bits per heavy atom. The van der Waals surface area contributed by atoms with Crippen LogP contribution in [0.2, 0.25) is 0 Å². The zero-order valence-electron chi connectivity index (χ0n) is 9.91. The maximum Gasteiger partial charge on any atom is 0.169 e. The van der Waals surface area contributed by atoms with Crippen LogP contribution in [-0.4, -0.2) is 14.8 Å². The summed E-state index contributed by atoms with van der Waals surface area (Å²) >= 11 is 0. The molecule has 0 bridgehead atoms. The molecular weight excluding hydrogens is 224 g/mol. The number of benzene rings is 1. The number of rotatable bonds is 1. The minimum atomic E-state index is -0.897. The van der Waals surface area contributed by atoms with Gasteiger partial charge in [0, 0.05) is 5.54 Å². The summed E-state index contributed by atoms with van der Waals surface area (Å²) < 4.78 is 28.6. The van der Waals surface area contributed by atoms with Crippen LogP contribution in [0.1, 0.15) is 20.8 Å². The Hall–Kier alpha value is -1.78. The van der Waals surface area contributed by atoms with Crippen molar-refractivity contribution in [2.75, 3.05) is 0 Å². The second-order valence-corrected chi connectivity index (χ2v) is 4.80. The van der Waals surface area contributed by atoms with E-state index in [1.54, 1.807) is 4.57 Å². The third-order valence-corrected chi connectivity index (χ3v) is 2.46. The van der Waals surface area contributed by atoms with Crippen molar-refractivity contribution < 1.29 is 8.78 Å². The molecule has 5 heteroatoms. The third-order valence-electron chi connectivity index (χ3n) is 2.46. The summed E-state index contributed by atoms with van der Waals surface area (Å²) in [6.45, 7) is 5.82. The van der Waals surface area contributed by atoms with Crippen LogP contribution < -0.4 is 0 Å². The van der Waals surface area contributed by atoms with E-state index < -0.39 is 11.6 Å². The minimum Gasteiger partial charge on any atom is -0.308 e. The molecule has 0 radical (unpaired) electrons. The quantitative estimate of drug-likeness (QED) is 0.763.